The molecule has 96 valence electrons. The van der Waals surface area contributed by atoms with Crippen LogP contribution in [-0.2, 0) is 6.42 Å². The fourth-order valence-electron chi connectivity index (χ4n) is 2.07. The lowest BCUT2D eigenvalue weighted by atomic mass is 10.0. The highest BCUT2D eigenvalue weighted by molar-refractivity contribution is 9.10. The number of hydrogen-bond donors (Lipinski definition) is 1. The first-order valence-electron chi connectivity index (χ1n) is 6.31. The molecule has 1 N–H and O–H groups in total. The van der Waals surface area contributed by atoms with E-state index in [0.29, 0.717) is 0 Å². The molecule has 3 heteroatoms. The highest BCUT2D eigenvalue weighted by atomic mass is 79.9. The summed E-state index contributed by atoms with van der Waals surface area (Å²) < 4.78 is 1.19. The first-order valence-corrected chi connectivity index (χ1v) is 7.98. The Morgan fingerprint density at radius 2 is 2.11 bits per heavy atom. The molecule has 1 atom stereocenters. The van der Waals surface area contributed by atoms with E-state index in [9.17, 15) is 0 Å². The van der Waals surface area contributed by atoms with Gasteiger partial charge < -0.3 is 5.32 Å². The van der Waals surface area contributed by atoms with Crippen molar-refractivity contribution in [2.75, 3.05) is 6.54 Å². The first kappa shape index (κ1) is 13.8. The maximum atomic E-state index is 3.64. The lowest BCUT2D eigenvalue weighted by Gasteiger charge is -2.18. The third-order valence-corrected chi connectivity index (χ3v) is 4.94. The van der Waals surface area contributed by atoms with Crippen molar-refractivity contribution in [3.05, 3.63) is 56.2 Å². The van der Waals surface area contributed by atoms with Crippen molar-refractivity contribution in [3.8, 4) is 0 Å². The molecule has 0 amide bonds. The number of aryl methyl sites for hydroxylation is 1. The molecule has 1 nitrogen and oxygen atoms in total. The summed E-state index contributed by atoms with van der Waals surface area (Å²) in [6.45, 7) is 5.31. The van der Waals surface area contributed by atoms with E-state index in [4.69, 9.17) is 0 Å². The Hall–Kier alpha value is -0.640. The largest absolute Gasteiger partial charge is 0.306 e. The van der Waals surface area contributed by atoms with Crippen molar-refractivity contribution in [2.45, 2.75) is 26.3 Å². The van der Waals surface area contributed by atoms with Crippen molar-refractivity contribution in [1.29, 1.82) is 0 Å². The second-order valence-electron chi connectivity index (χ2n) is 4.22. The van der Waals surface area contributed by atoms with Crippen LogP contribution in [0.15, 0.2) is 40.2 Å². The molecule has 0 aliphatic carbocycles. The molecular formula is C15H18BrNS. The highest BCUT2D eigenvalue weighted by Gasteiger charge is 2.17. The Balaban J connectivity index is 2.38. The summed E-state index contributed by atoms with van der Waals surface area (Å²) in [5.74, 6) is 0. The van der Waals surface area contributed by atoms with E-state index in [-0.39, 0.29) is 6.04 Å². The minimum Gasteiger partial charge on any atom is -0.306 e. The van der Waals surface area contributed by atoms with E-state index >= 15 is 0 Å². The predicted octanol–water partition coefficient (Wildman–Crippen LogP) is 4.77. The molecular weight excluding hydrogens is 306 g/mol. The van der Waals surface area contributed by atoms with Crippen molar-refractivity contribution in [3.63, 3.8) is 0 Å². The summed E-state index contributed by atoms with van der Waals surface area (Å²) in [4.78, 5) is 1.35. The average molecular weight is 324 g/mol. The molecule has 0 bridgehead atoms. The van der Waals surface area contributed by atoms with Gasteiger partial charge in [0.2, 0.25) is 0 Å². The van der Waals surface area contributed by atoms with Crippen LogP contribution in [0.4, 0.5) is 0 Å². The van der Waals surface area contributed by atoms with E-state index in [1.807, 2.05) is 0 Å². The normalized spacial score (nSPS) is 12.6. The zero-order valence-electron chi connectivity index (χ0n) is 10.7. The van der Waals surface area contributed by atoms with Crippen molar-refractivity contribution in [2.24, 2.45) is 0 Å². The molecule has 0 aliphatic rings. The number of thiophene rings is 1. The quantitative estimate of drug-likeness (QED) is 0.835. The smallest absolute Gasteiger partial charge is 0.0682 e. The summed E-state index contributed by atoms with van der Waals surface area (Å²) in [6, 6.07) is 11.3. The number of nitrogens with one attached hydrogen (secondary N) is 1. The van der Waals surface area contributed by atoms with Gasteiger partial charge in [0.25, 0.3) is 0 Å². The van der Waals surface area contributed by atoms with Gasteiger partial charge in [0.15, 0.2) is 0 Å². The lowest BCUT2D eigenvalue weighted by Crippen LogP contribution is -2.21. The third-order valence-electron chi connectivity index (χ3n) is 3.01. The van der Waals surface area contributed by atoms with Crippen molar-refractivity contribution < 1.29 is 0 Å². The van der Waals surface area contributed by atoms with Gasteiger partial charge in [0.05, 0.1) is 6.04 Å². The molecule has 0 radical (unpaired) electrons. The van der Waals surface area contributed by atoms with Gasteiger partial charge in [0, 0.05) is 9.35 Å². The molecule has 1 aromatic heterocycles. The van der Waals surface area contributed by atoms with E-state index < -0.39 is 0 Å². The Morgan fingerprint density at radius 3 is 2.72 bits per heavy atom. The Labute approximate surface area is 121 Å². The third kappa shape index (κ3) is 3.02. The SMILES string of the molecule is CCNC(c1cccc(CC)c1)c1sccc1Br. The molecule has 0 spiro atoms. The standard InChI is InChI=1S/C15H18BrNS/c1-3-11-6-5-7-12(10-11)14(17-4-2)15-13(16)8-9-18-15/h5-10,14,17H,3-4H2,1-2H3. The van der Waals surface area contributed by atoms with Crippen LogP contribution >= 0.6 is 27.3 Å². The number of benzene rings is 1. The van der Waals surface area contributed by atoms with Gasteiger partial charge in [-0.1, -0.05) is 38.1 Å². The van der Waals surface area contributed by atoms with Gasteiger partial charge in [0.1, 0.15) is 0 Å². The maximum absolute atomic E-state index is 3.64. The number of rotatable bonds is 5. The van der Waals surface area contributed by atoms with Gasteiger partial charge in [-0.2, -0.15) is 0 Å². The van der Waals surface area contributed by atoms with Crippen LogP contribution in [0.25, 0.3) is 0 Å². The lowest BCUT2D eigenvalue weighted by molar-refractivity contribution is 0.637. The first-order chi connectivity index (χ1) is 8.76. The molecule has 1 heterocycles. The van der Waals surface area contributed by atoms with Crippen LogP contribution < -0.4 is 5.32 Å². The zero-order chi connectivity index (χ0) is 13.0. The summed E-state index contributed by atoms with van der Waals surface area (Å²) >= 11 is 5.44. The number of halogens is 1. The molecule has 0 saturated carbocycles. The average Bonchev–Trinajstić information content (AvgIpc) is 2.82. The van der Waals surface area contributed by atoms with Gasteiger partial charge in [-0.3, -0.25) is 0 Å². The predicted molar refractivity (Wildman–Crippen MR) is 83.4 cm³/mol. The number of hydrogen-bond acceptors (Lipinski definition) is 2. The molecule has 1 aromatic carbocycles. The molecule has 0 aliphatic heterocycles. The van der Waals surface area contributed by atoms with E-state index in [1.54, 1.807) is 11.3 Å². The van der Waals surface area contributed by atoms with E-state index in [0.717, 1.165) is 13.0 Å². The Kier molecular flexibility index (Phi) is 4.98. The monoisotopic (exact) mass is 323 g/mol. The minimum atomic E-state index is 0.288. The second-order valence-corrected chi connectivity index (χ2v) is 6.02. The molecule has 0 fully saturated rings. The fourth-order valence-corrected chi connectivity index (χ4v) is 3.77. The molecule has 0 saturated heterocycles. The summed E-state index contributed by atoms with van der Waals surface area (Å²) in [6.07, 6.45) is 1.08. The summed E-state index contributed by atoms with van der Waals surface area (Å²) in [5.41, 5.74) is 2.74. The van der Waals surface area contributed by atoms with E-state index in [1.165, 1.54) is 20.5 Å². The van der Waals surface area contributed by atoms with Crippen LogP contribution in [0.5, 0.6) is 0 Å². The van der Waals surface area contributed by atoms with Crippen molar-refractivity contribution in [1.82, 2.24) is 5.32 Å². The van der Waals surface area contributed by atoms with Crippen LogP contribution in [0.1, 0.15) is 35.9 Å². The summed E-state index contributed by atoms with van der Waals surface area (Å²) in [5, 5.41) is 5.71. The Bertz CT molecular complexity index is 507. The fraction of sp³-hybridized carbons (Fsp3) is 0.333. The Morgan fingerprint density at radius 1 is 1.28 bits per heavy atom. The van der Waals surface area contributed by atoms with Gasteiger partial charge in [-0.25, -0.2) is 0 Å². The summed E-state index contributed by atoms with van der Waals surface area (Å²) in [7, 11) is 0. The van der Waals surface area contributed by atoms with Crippen LogP contribution in [0, 0.1) is 0 Å². The topological polar surface area (TPSA) is 12.0 Å². The van der Waals surface area contributed by atoms with Crippen LogP contribution in [-0.4, -0.2) is 6.54 Å². The second kappa shape index (κ2) is 6.50. The molecule has 2 rings (SSSR count). The highest BCUT2D eigenvalue weighted by Crippen LogP contribution is 2.33. The van der Waals surface area contributed by atoms with Gasteiger partial charge >= 0.3 is 0 Å². The van der Waals surface area contributed by atoms with Crippen LogP contribution in [0.2, 0.25) is 0 Å². The molecule has 1 unspecified atom stereocenters. The molecule has 2 aromatic rings. The zero-order valence-corrected chi connectivity index (χ0v) is 13.1. The maximum Gasteiger partial charge on any atom is 0.0682 e. The molecule has 18 heavy (non-hydrogen) atoms. The van der Waals surface area contributed by atoms with Crippen molar-refractivity contribution >= 4 is 27.3 Å². The van der Waals surface area contributed by atoms with E-state index in [2.05, 4.69) is 70.8 Å². The minimum absolute atomic E-state index is 0.288. The van der Waals surface area contributed by atoms with Gasteiger partial charge in [-0.15, -0.1) is 11.3 Å². The van der Waals surface area contributed by atoms with Gasteiger partial charge in [-0.05, 0) is 51.5 Å². The van der Waals surface area contributed by atoms with Crippen LogP contribution in [0.3, 0.4) is 0 Å².